The van der Waals surface area contributed by atoms with E-state index < -0.39 is 0 Å². The maximum absolute atomic E-state index is 6.32. The molecule has 4 heteroatoms. The minimum Gasteiger partial charge on any atom is -0.295 e. The maximum atomic E-state index is 6.32. The third-order valence-corrected chi connectivity index (χ3v) is 4.12. The van der Waals surface area contributed by atoms with Crippen molar-refractivity contribution in [1.82, 2.24) is 9.55 Å². The number of rotatable bonds is 2. The van der Waals surface area contributed by atoms with Gasteiger partial charge in [0.1, 0.15) is 5.82 Å². The van der Waals surface area contributed by atoms with Gasteiger partial charge in [-0.25, -0.2) is 4.98 Å². The highest BCUT2D eigenvalue weighted by molar-refractivity contribution is 14.1. The highest BCUT2D eigenvalue weighted by Gasteiger charge is 2.16. The molecule has 1 aromatic heterocycles. The van der Waals surface area contributed by atoms with Crippen molar-refractivity contribution < 1.29 is 0 Å². The van der Waals surface area contributed by atoms with Crippen LogP contribution in [0.2, 0.25) is 0 Å². The zero-order chi connectivity index (χ0) is 14.3. The average molecular weight is 397 g/mol. The van der Waals surface area contributed by atoms with Crippen LogP contribution in [0, 0.1) is 10.5 Å². The van der Waals surface area contributed by atoms with E-state index in [2.05, 4.69) is 76.5 Å². The van der Waals surface area contributed by atoms with Gasteiger partial charge in [-0.3, -0.25) is 4.57 Å². The van der Waals surface area contributed by atoms with Gasteiger partial charge in [0, 0.05) is 9.26 Å². The first kappa shape index (κ1) is 13.9. The second-order valence-corrected chi connectivity index (χ2v) is 6.79. The molecular weight excluding hydrogens is 383 g/mol. The monoisotopic (exact) mass is 396 g/mol. The number of imidazole rings is 1. The quantitative estimate of drug-likeness (QED) is 0.428. The Bertz CT molecular complexity index is 777. The highest BCUT2D eigenvalue weighted by atomic mass is 127. The molecule has 2 nitrogen and oxygen atoms in total. The van der Waals surface area contributed by atoms with Crippen molar-refractivity contribution in [2.75, 3.05) is 0 Å². The number of halogens is 2. The summed E-state index contributed by atoms with van der Waals surface area (Å²) in [5.41, 5.74) is 4.42. The van der Waals surface area contributed by atoms with E-state index in [0.717, 1.165) is 22.5 Å². The number of nitrogens with zero attached hydrogens (tertiary/aromatic N) is 2. The minimum absolute atomic E-state index is 0.138. The molecule has 0 saturated carbocycles. The van der Waals surface area contributed by atoms with Gasteiger partial charge in [-0.1, -0.05) is 12.1 Å². The topological polar surface area (TPSA) is 17.8 Å². The zero-order valence-electron chi connectivity index (χ0n) is 11.3. The minimum atomic E-state index is -0.138. The SMILES string of the molecule is Cc1cccc(-n2c(C(C)Cl)nc3cc(I)ccc32)c1. The Balaban J connectivity index is 2.34. The van der Waals surface area contributed by atoms with Crippen LogP contribution < -0.4 is 0 Å². The number of alkyl halides is 1. The molecule has 0 spiro atoms. The summed E-state index contributed by atoms with van der Waals surface area (Å²) >= 11 is 8.63. The fourth-order valence-electron chi connectivity index (χ4n) is 2.38. The van der Waals surface area contributed by atoms with Crippen LogP contribution in [-0.4, -0.2) is 9.55 Å². The summed E-state index contributed by atoms with van der Waals surface area (Å²) in [6.45, 7) is 4.05. The normalized spacial score (nSPS) is 12.8. The van der Waals surface area contributed by atoms with Crippen molar-refractivity contribution >= 4 is 45.2 Å². The van der Waals surface area contributed by atoms with Gasteiger partial charge in [-0.15, -0.1) is 11.6 Å². The molecule has 0 N–H and O–H groups in total. The smallest absolute Gasteiger partial charge is 0.132 e. The molecule has 0 bridgehead atoms. The van der Waals surface area contributed by atoms with Gasteiger partial charge in [0.25, 0.3) is 0 Å². The Labute approximate surface area is 136 Å². The van der Waals surface area contributed by atoms with Crippen LogP contribution in [0.25, 0.3) is 16.7 Å². The van der Waals surface area contributed by atoms with E-state index in [0.29, 0.717) is 0 Å². The summed E-state index contributed by atoms with van der Waals surface area (Å²) in [5, 5.41) is -0.138. The summed E-state index contributed by atoms with van der Waals surface area (Å²) in [6.07, 6.45) is 0. The third kappa shape index (κ3) is 2.44. The number of benzene rings is 2. The second kappa shape index (κ2) is 5.37. The van der Waals surface area contributed by atoms with Gasteiger partial charge in [0.15, 0.2) is 0 Å². The Kier molecular flexibility index (Phi) is 3.73. The van der Waals surface area contributed by atoms with Crippen molar-refractivity contribution in [2.24, 2.45) is 0 Å². The standard InChI is InChI=1S/C16H14ClIN2/c1-10-4-3-5-13(8-10)20-15-7-6-12(18)9-14(15)19-16(20)11(2)17/h3-9,11H,1-2H3. The Morgan fingerprint density at radius 3 is 2.70 bits per heavy atom. The van der Waals surface area contributed by atoms with Gasteiger partial charge >= 0.3 is 0 Å². The molecule has 0 saturated heterocycles. The maximum Gasteiger partial charge on any atom is 0.132 e. The van der Waals surface area contributed by atoms with Crippen LogP contribution in [0.1, 0.15) is 23.7 Å². The van der Waals surface area contributed by atoms with Crippen molar-refractivity contribution in [3.8, 4) is 5.69 Å². The van der Waals surface area contributed by atoms with E-state index in [4.69, 9.17) is 16.6 Å². The molecule has 0 aliphatic heterocycles. The number of fused-ring (bicyclic) bond motifs is 1. The summed E-state index contributed by atoms with van der Waals surface area (Å²) in [5.74, 6) is 0.884. The lowest BCUT2D eigenvalue weighted by molar-refractivity contribution is 0.882. The third-order valence-electron chi connectivity index (χ3n) is 3.26. The van der Waals surface area contributed by atoms with Gasteiger partial charge in [-0.2, -0.15) is 0 Å². The fourth-order valence-corrected chi connectivity index (χ4v) is 3.00. The van der Waals surface area contributed by atoms with Crippen LogP contribution in [0.3, 0.4) is 0 Å². The number of hydrogen-bond donors (Lipinski definition) is 0. The number of hydrogen-bond acceptors (Lipinski definition) is 1. The zero-order valence-corrected chi connectivity index (χ0v) is 14.2. The molecule has 1 unspecified atom stereocenters. The molecule has 3 rings (SSSR count). The van der Waals surface area contributed by atoms with E-state index in [1.165, 1.54) is 9.13 Å². The Morgan fingerprint density at radius 1 is 1.20 bits per heavy atom. The van der Waals surface area contributed by atoms with Crippen LogP contribution in [0.5, 0.6) is 0 Å². The molecule has 0 fully saturated rings. The molecule has 1 heterocycles. The lowest BCUT2D eigenvalue weighted by atomic mass is 10.2. The molecule has 102 valence electrons. The van der Waals surface area contributed by atoms with Crippen LogP contribution in [-0.2, 0) is 0 Å². The van der Waals surface area contributed by atoms with Gasteiger partial charge < -0.3 is 0 Å². The van der Waals surface area contributed by atoms with Crippen molar-refractivity contribution in [1.29, 1.82) is 0 Å². The van der Waals surface area contributed by atoms with Crippen molar-refractivity contribution in [2.45, 2.75) is 19.2 Å². The predicted octanol–water partition coefficient (Wildman–Crippen LogP) is 5.24. The van der Waals surface area contributed by atoms with Gasteiger partial charge in [-0.05, 0) is 72.3 Å². The van der Waals surface area contributed by atoms with Crippen molar-refractivity contribution in [3.05, 3.63) is 57.4 Å². The first-order chi connectivity index (χ1) is 9.56. The second-order valence-electron chi connectivity index (χ2n) is 4.89. The Hall–Kier alpha value is -1.07. The van der Waals surface area contributed by atoms with Crippen LogP contribution in [0.4, 0.5) is 0 Å². The Morgan fingerprint density at radius 2 is 2.00 bits per heavy atom. The van der Waals surface area contributed by atoms with E-state index in [-0.39, 0.29) is 5.38 Å². The van der Waals surface area contributed by atoms with E-state index in [1.54, 1.807) is 0 Å². The first-order valence-electron chi connectivity index (χ1n) is 6.45. The molecule has 0 aliphatic rings. The summed E-state index contributed by atoms with van der Waals surface area (Å²) in [7, 11) is 0. The van der Waals surface area contributed by atoms with Gasteiger partial charge in [0.2, 0.25) is 0 Å². The molecule has 3 aromatic rings. The molecule has 0 amide bonds. The summed E-state index contributed by atoms with van der Waals surface area (Å²) < 4.78 is 3.33. The molecule has 1 atom stereocenters. The largest absolute Gasteiger partial charge is 0.295 e. The number of aryl methyl sites for hydroxylation is 1. The molecule has 20 heavy (non-hydrogen) atoms. The van der Waals surface area contributed by atoms with E-state index in [1.807, 2.05) is 6.92 Å². The molecule has 2 aromatic carbocycles. The molecule has 0 radical (unpaired) electrons. The van der Waals surface area contributed by atoms with Crippen LogP contribution in [0.15, 0.2) is 42.5 Å². The lowest BCUT2D eigenvalue weighted by Crippen LogP contribution is -2.02. The van der Waals surface area contributed by atoms with E-state index >= 15 is 0 Å². The lowest BCUT2D eigenvalue weighted by Gasteiger charge is -2.11. The van der Waals surface area contributed by atoms with Crippen LogP contribution >= 0.6 is 34.2 Å². The van der Waals surface area contributed by atoms with Crippen molar-refractivity contribution in [3.63, 3.8) is 0 Å². The molecular formula is C16H14ClIN2. The predicted molar refractivity (Wildman–Crippen MR) is 92.8 cm³/mol. The van der Waals surface area contributed by atoms with E-state index in [9.17, 15) is 0 Å². The molecule has 0 aliphatic carbocycles. The van der Waals surface area contributed by atoms with Gasteiger partial charge in [0.05, 0.1) is 16.4 Å². The summed E-state index contributed by atoms with van der Waals surface area (Å²) in [6, 6.07) is 14.7. The average Bonchev–Trinajstić information content (AvgIpc) is 2.77. The fraction of sp³-hybridized carbons (Fsp3) is 0.188. The highest BCUT2D eigenvalue weighted by Crippen LogP contribution is 2.29. The summed E-state index contributed by atoms with van der Waals surface area (Å²) in [4.78, 5) is 4.71. The first-order valence-corrected chi connectivity index (χ1v) is 7.97. The number of aromatic nitrogens is 2.